The van der Waals surface area contributed by atoms with E-state index in [1.165, 1.54) is 51.5 Å². The summed E-state index contributed by atoms with van der Waals surface area (Å²) in [5.41, 5.74) is 6.04. The zero-order valence-electron chi connectivity index (χ0n) is 13.5. The van der Waals surface area contributed by atoms with Gasteiger partial charge < -0.3 is 15.4 Å². The molecule has 0 radical (unpaired) electrons. The van der Waals surface area contributed by atoms with Gasteiger partial charge in [0.05, 0.1) is 0 Å². The minimum Gasteiger partial charge on any atom is -0.381 e. The van der Waals surface area contributed by atoms with Crippen LogP contribution in [-0.4, -0.2) is 44.3 Å². The summed E-state index contributed by atoms with van der Waals surface area (Å²) in [5, 5.41) is 0. The third-order valence-corrected chi connectivity index (χ3v) is 5.52. The third kappa shape index (κ3) is 4.44. The summed E-state index contributed by atoms with van der Waals surface area (Å²) in [6, 6.07) is 0.716. The zero-order valence-corrected chi connectivity index (χ0v) is 13.5. The Labute approximate surface area is 125 Å². The second kappa shape index (κ2) is 8.35. The predicted octanol–water partition coefficient (Wildman–Crippen LogP) is 2.89. The van der Waals surface area contributed by atoms with Crippen molar-refractivity contribution in [2.24, 2.45) is 23.5 Å². The summed E-state index contributed by atoms with van der Waals surface area (Å²) in [4.78, 5) is 2.63. The van der Waals surface area contributed by atoms with Crippen molar-refractivity contribution >= 4 is 0 Å². The van der Waals surface area contributed by atoms with Crippen LogP contribution in [0.5, 0.6) is 0 Å². The molecule has 0 aromatic heterocycles. The van der Waals surface area contributed by atoms with Gasteiger partial charge in [-0.3, -0.25) is 0 Å². The van der Waals surface area contributed by atoms with Crippen molar-refractivity contribution < 1.29 is 4.74 Å². The SMILES string of the molecule is CCCC1CCC(CN)C(N(C)CC2CCOCC2)C1. The summed E-state index contributed by atoms with van der Waals surface area (Å²) in [5.74, 6) is 2.48. The average molecular weight is 282 g/mol. The molecule has 1 aliphatic carbocycles. The lowest BCUT2D eigenvalue weighted by atomic mass is 9.76. The number of hydrogen-bond acceptors (Lipinski definition) is 3. The molecule has 2 fully saturated rings. The van der Waals surface area contributed by atoms with Gasteiger partial charge in [-0.05, 0) is 57.0 Å². The fraction of sp³-hybridized carbons (Fsp3) is 1.00. The summed E-state index contributed by atoms with van der Waals surface area (Å²) >= 11 is 0. The van der Waals surface area contributed by atoms with E-state index >= 15 is 0 Å². The predicted molar refractivity (Wildman–Crippen MR) is 84.8 cm³/mol. The summed E-state index contributed by atoms with van der Waals surface area (Å²) in [6.07, 6.45) is 9.31. The van der Waals surface area contributed by atoms with Crippen LogP contribution in [0.15, 0.2) is 0 Å². The molecular formula is C17H34N2O. The van der Waals surface area contributed by atoms with Gasteiger partial charge in [0.15, 0.2) is 0 Å². The van der Waals surface area contributed by atoms with E-state index in [2.05, 4.69) is 18.9 Å². The zero-order chi connectivity index (χ0) is 14.4. The normalized spacial score (nSPS) is 32.7. The Kier molecular flexibility index (Phi) is 6.79. The number of nitrogens with two attached hydrogens (primary N) is 1. The van der Waals surface area contributed by atoms with Crippen LogP contribution in [0.4, 0.5) is 0 Å². The highest BCUT2D eigenvalue weighted by molar-refractivity contribution is 4.87. The van der Waals surface area contributed by atoms with Crippen LogP contribution in [-0.2, 0) is 4.74 Å². The Morgan fingerprint density at radius 2 is 1.85 bits per heavy atom. The molecule has 1 saturated heterocycles. The molecule has 2 N–H and O–H groups in total. The highest BCUT2D eigenvalue weighted by Crippen LogP contribution is 2.34. The maximum Gasteiger partial charge on any atom is 0.0469 e. The molecule has 0 amide bonds. The fourth-order valence-electron chi connectivity index (χ4n) is 4.25. The monoisotopic (exact) mass is 282 g/mol. The Morgan fingerprint density at radius 1 is 1.10 bits per heavy atom. The van der Waals surface area contributed by atoms with Crippen LogP contribution in [0, 0.1) is 17.8 Å². The molecule has 3 heteroatoms. The summed E-state index contributed by atoms with van der Waals surface area (Å²) in [6.45, 7) is 6.34. The van der Waals surface area contributed by atoms with E-state index < -0.39 is 0 Å². The summed E-state index contributed by atoms with van der Waals surface area (Å²) in [7, 11) is 2.33. The van der Waals surface area contributed by atoms with Gasteiger partial charge in [0.1, 0.15) is 0 Å². The standard InChI is InChI=1S/C17H34N2O/c1-3-4-14-5-6-16(12-18)17(11-14)19(2)13-15-7-9-20-10-8-15/h14-17H,3-13,18H2,1-2H3. The van der Waals surface area contributed by atoms with Gasteiger partial charge in [-0.1, -0.05) is 26.2 Å². The molecule has 3 atom stereocenters. The van der Waals surface area contributed by atoms with Crippen molar-refractivity contribution in [1.82, 2.24) is 4.90 Å². The molecule has 0 aromatic carbocycles. The largest absolute Gasteiger partial charge is 0.381 e. The van der Waals surface area contributed by atoms with Crippen molar-refractivity contribution in [3.63, 3.8) is 0 Å². The second-order valence-electron chi connectivity index (χ2n) is 7.03. The molecule has 0 spiro atoms. The van der Waals surface area contributed by atoms with Gasteiger partial charge in [-0.2, -0.15) is 0 Å². The Balaban J connectivity index is 1.87. The van der Waals surface area contributed by atoms with Crippen LogP contribution < -0.4 is 5.73 Å². The Bertz CT molecular complexity index is 266. The first-order valence-corrected chi connectivity index (χ1v) is 8.72. The number of rotatable bonds is 6. The smallest absolute Gasteiger partial charge is 0.0469 e. The second-order valence-corrected chi connectivity index (χ2v) is 7.03. The maximum atomic E-state index is 6.04. The lowest BCUT2D eigenvalue weighted by molar-refractivity contribution is 0.0341. The number of nitrogens with zero attached hydrogens (tertiary/aromatic N) is 1. The molecule has 0 bridgehead atoms. The van der Waals surface area contributed by atoms with Crippen LogP contribution in [0.25, 0.3) is 0 Å². The van der Waals surface area contributed by atoms with Gasteiger partial charge in [0.25, 0.3) is 0 Å². The molecule has 3 unspecified atom stereocenters. The molecular weight excluding hydrogens is 248 g/mol. The van der Waals surface area contributed by atoms with Gasteiger partial charge in [-0.15, -0.1) is 0 Å². The first kappa shape index (κ1) is 16.3. The molecule has 20 heavy (non-hydrogen) atoms. The summed E-state index contributed by atoms with van der Waals surface area (Å²) < 4.78 is 5.48. The topological polar surface area (TPSA) is 38.5 Å². The fourth-order valence-corrected chi connectivity index (χ4v) is 4.25. The Morgan fingerprint density at radius 3 is 2.50 bits per heavy atom. The molecule has 3 nitrogen and oxygen atoms in total. The molecule has 2 aliphatic rings. The molecule has 0 aromatic rings. The van der Waals surface area contributed by atoms with Gasteiger partial charge in [0, 0.05) is 25.8 Å². The highest BCUT2D eigenvalue weighted by atomic mass is 16.5. The van der Waals surface area contributed by atoms with Crippen LogP contribution in [0.2, 0.25) is 0 Å². The average Bonchev–Trinajstić information content (AvgIpc) is 2.48. The minimum atomic E-state index is 0.716. The van der Waals surface area contributed by atoms with Crippen LogP contribution >= 0.6 is 0 Å². The molecule has 118 valence electrons. The van der Waals surface area contributed by atoms with E-state index in [1.54, 1.807) is 0 Å². The van der Waals surface area contributed by atoms with E-state index in [1.807, 2.05) is 0 Å². The number of ether oxygens (including phenoxy) is 1. The van der Waals surface area contributed by atoms with Gasteiger partial charge in [0.2, 0.25) is 0 Å². The third-order valence-electron chi connectivity index (χ3n) is 5.52. The van der Waals surface area contributed by atoms with Crippen molar-refractivity contribution in [2.75, 3.05) is 33.4 Å². The minimum absolute atomic E-state index is 0.716. The van der Waals surface area contributed by atoms with Crippen molar-refractivity contribution in [2.45, 2.75) is 57.9 Å². The first-order chi connectivity index (χ1) is 9.74. The van der Waals surface area contributed by atoms with E-state index in [4.69, 9.17) is 10.5 Å². The van der Waals surface area contributed by atoms with E-state index in [-0.39, 0.29) is 0 Å². The van der Waals surface area contributed by atoms with Crippen molar-refractivity contribution in [3.05, 3.63) is 0 Å². The van der Waals surface area contributed by atoms with E-state index in [0.29, 0.717) is 12.0 Å². The van der Waals surface area contributed by atoms with Gasteiger partial charge >= 0.3 is 0 Å². The van der Waals surface area contributed by atoms with Gasteiger partial charge in [-0.25, -0.2) is 0 Å². The van der Waals surface area contributed by atoms with Crippen molar-refractivity contribution in [3.8, 4) is 0 Å². The first-order valence-electron chi connectivity index (χ1n) is 8.72. The molecule has 2 rings (SSSR count). The Hall–Kier alpha value is -0.120. The highest BCUT2D eigenvalue weighted by Gasteiger charge is 2.32. The van der Waals surface area contributed by atoms with E-state index in [0.717, 1.165) is 31.6 Å². The van der Waals surface area contributed by atoms with Crippen LogP contribution in [0.1, 0.15) is 51.9 Å². The lowest BCUT2D eigenvalue weighted by Gasteiger charge is -2.42. The number of hydrogen-bond donors (Lipinski definition) is 1. The van der Waals surface area contributed by atoms with E-state index in [9.17, 15) is 0 Å². The molecule has 1 aliphatic heterocycles. The van der Waals surface area contributed by atoms with Crippen molar-refractivity contribution in [1.29, 1.82) is 0 Å². The molecule has 1 heterocycles. The quantitative estimate of drug-likeness (QED) is 0.814. The lowest BCUT2D eigenvalue weighted by Crippen LogP contribution is -2.47. The van der Waals surface area contributed by atoms with Crippen LogP contribution in [0.3, 0.4) is 0 Å². The molecule has 1 saturated carbocycles. The maximum absolute atomic E-state index is 6.04.